The van der Waals surface area contributed by atoms with E-state index in [-0.39, 0.29) is 82.0 Å². The van der Waals surface area contributed by atoms with Gasteiger partial charge in [0, 0.05) is 46.1 Å². The molecule has 0 aliphatic heterocycles. The summed E-state index contributed by atoms with van der Waals surface area (Å²) >= 11 is 0. The number of hydrogen-bond donors (Lipinski definition) is 10. The number of carboxylic acid groups (broad SMARTS) is 1. The number of aliphatic carboxylic acids is 1. The summed E-state index contributed by atoms with van der Waals surface area (Å²) in [7, 11) is 2.92. The Labute approximate surface area is 390 Å². The molecular formula is C43H91N13O9. The van der Waals surface area contributed by atoms with E-state index < -0.39 is 79.0 Å². The van der Waals surface area contributed by atoms with Crippen LogP contribution in [0.4, 0.5) is 0 Å². The van der Waals surface area contributed by atoms with Crippen LogP contribution in [0.3, 0.4) is 0 Å². The molecule has 14 N–H and O–H groups in total. The van der Waals surface area contributed by atoms with Crippen molar-refractivity contribution >= 4 is 59.2 Å². The number of guanidine groups is 2. The zero-order chi connectivity index (χ0) is 52.1. The second kappa shape index (κ2) is 47.8. The highest BCUT2D eigenvalue weighted by Gasteiger charge is 2.29. The third-order valence-electron chi connectivity index (χ3n) is 8.21. The first kappa shape index (κ1) is 70.9. The van der Waals surface area contributed by atoms with E-state index in [2.05, 4.69) is 50.4 Å². The van der Waals surface area contributed by atoms with E-state index in [1.54, 1.807) is 14.0 Å². The third kappa shape index (κ3) is 39.6. The van der Waals surface area contributed by atoms with Crippen molar-refractivity contribution in [3.05, 3.63) is 0 Å². The van der Waals surface area contributed by atoms with Gasteiger partial charge in [0.05, 0.1) is 19.6 Å². The lowest BCUT2D eigenvalue weighted by Gasteiger charge is -2.28. The monoisotopic (exact) mass is 934 g/mol. The van der Waals surface area contributed by atoms with Gasteiger partial charge in [-0.05, 0) is 45.4 Å². The van der Waals surface area contributed by atoms with Gasteiger partial charge in [-0.15, -0.1) is 0 Å². The van der Waals surface area contributed by atoms with Crippen LogP contribution in [0.25, 0.3) is 0 Å². The number of amides is 7. The number of nitrogens with two attached hydrogens (primary N) is 4. The molecule has 22 nitrogen and oxygen atoms in total. The van der Waals surface area contributed by atoms with Crippen LogP contribution in [0.2, 0.25) is 0 Å². The Hall–Kier alpha value is -5.70. The lowest BCUT2D eigenvalue weighted by molar-refractivity contribution is -0.140. The van der Waals surface area contributed by atoms with E-state index in [9.17, 15) is 38.4 Å². The smallest absolute Gasteiger partial charge is 0.303 e. The van der Waals surface area contributed by atoms with Crippen LogP contribution in [-0.4, -0.2) is 145 Å². The molecule has 22 heteroatoms. The van der Waals surface area contributed by atoms with Gasteiger partial charge in [0.2, 0.25) is 41.4 Å². The van der Waals surface area contributed by atoms with Crippen LogP contribution in [0.15, 0.2) is 9.98 Å². The SMILES string of the molecule is CC.CC.CC.CC.CCC.CCC(=O)NC(CCC(=O)O)C(=O)NCC(=O)N(C)C(CCCN=C(N)N)C(=O)NCC(=O)NC(CCCN=C(N)N)C(=O)NCC(=O)N(C)C(C)CC. The minimum Gasteiger partial charge on any atom is -0.481 e. The highest BCUT2D eigenvalue weighted by Crippen LogP contribution is 2.08. The number of hydrogen-bond acceptors (Lipinski definition) is 10. The molecule has 0 aliphatic rings. The van der Waals surface area contributed by atoms with Gasteiger partial charge in [-0.2, -0.15) is 0 Å². The average molecular weight is 934 g/mol. The maximum atomic E-state index is 13.4. The summed E-state index contributed by atoms with van der Waals surface area (Å²) in [5.41, 5.74) is 21.5. The second-order valence-corrected chi connectivity index (χ2v) is 13.1. The van der Waals surface area contributed by atoms with Gasteiger partial charge in [0.25, 0.3) is 0 Å². The average Bonchev–Trinajstić information content (AvgIpc) is 3.30. The molecule has 0 bridgehead atoms. The molecule has 0 spiro atoms. The van der Waals surface area contributed by atoms with Gasteiger partial charge in [-0.3, -0.25) is 48.3 Å². The zero-order valence-corrected chi connectivity index (χ0v) is 42.5. The normalized spacial score (nSPS) is 11.2. The molecule has 0 heterocycles. The molecule has 0 aromatic rings. The second-order valence-electron chi connectivity index (χ2n) is 13.1. The molecule has 0 radical (unpaired) electrons. The minimum atomic E-state index is -1.21. The molecule has 0 fully saturated rings. The number of carbonyl (C=O) groups excluding carboxylic acids is 7. The summed E-state index contributed by atoms with van der Waals surface area (Å²) < 4.78 is 0. The number of aliphatic imine (C=N–C) groups is 2. The van der Waals surface area contributed by atoms with Crippen LogP contribution in [0.1, 0.15) is 148 Å². The fourth-order valence-electron chi connectivity index (χ4n) is 4.64. The molecule has 0 saturated carbocycles. The number of nitrogens with one attached hydrogen (secondary N) is 5. The van der Waals surface area contributed by atoms with Crippen LogP contribution >= 0.6 is 0 Å². The quantitative estimate of drug-likeness (QED) is 0.0333. The van der Waals surface area contributed by atoms with Crippen molar-refractivity contribution in [3.63, 3.8) is 0 Å². The maximum Gasteiger partial charge on any atom is 0.303 e. The van der Waals surface area contributed by atoms with E-state index in [4.69, 9.17) is 28.0 Å². The first-order valence-electron chi connectivity index (χ1n) is 23.0. The first-order valence-corrected chi connectivity index (χ1v) is 23.0. The van der Waals surface area contributed by atoms with Crippen molar-refractivity contribution in [2.75, 3.05) is 46.8 Å². The predicted octanol–water partition coefficient (Wildman–Crippen LogP) is 1.29. The lowest BCUT2D eigenvalue weighted by atomic mass is 10.1. The number of nitrogens with zero attached hydrogens (tertiary/aromatic N) is 4. The lowest BCUT2D eigenvalue weighted by Crippen LogP contribution is -2.54. The van der Waals surface area contributed by atoms with Gasteiger partial charge in [0.1, 0.15) is 18.1 Å². The van der Waals surface area contributed by atoms with E-state index in [0.29, 0.717) is 6.42 Å². The van der Waals surface area contributed by atoms with Gasteiger partial charge in [-0.1, -0.05) is 89.5 Å². The Morgan fingerprint density at radius 2 is 0.954 bits per heavy atom. The molecule has 7 amide bonds. The van der Waals surface area contributed by atoms with Crippen molar-refractivity contribution in [1.82, 2.24) is 36.4 Å². The van der Waals surface area contributed by atoms with Crippen molar-refractivity contribution in [1.29, 1.82) is 0 Å². The number of rotatable bonds is 26. The molecule has 4 atom stereocenters. The van der Waals surface area contributed by atoms with Crippen molar-refractivity contribution < 1.29 is 43.5 Å². The molecule has 382 valence electrons. The highest BCUT2D eigenvalue weighted by molar-refractivity contribution is 5.95. The van der Waals surface area contributed by atoms with Crippen LogP contribution in [0.5, 0.6) is 0 Å². The number of carboxylic acids is 1. The fraction of sp³-hybridized carbons (Fsp3) is 0.767. The van der Waals surface area contributed by atoms with Gasteiger partial charge < -0.3 is 64.4 Å². The molecular weight excluding hydrogens is 843 g/mol. The Morgan fingerprint density at radius 3 is 1.35 bits per heavy atom. The van der Waals surface area contributed by atoms with Crippen LogP contribution in [-0.2, 0) is 38.4 Å². The van der Waals surface area contributed by atoms with Gasteiger partial charge >= 0.3 is 5.97 Å². The summed E-state index contributed by atoms with van der Waals surface area (Å²) in [5.74, 6) is -6.02. The van der Waals surface area contributed by atoms with E-state index in [1.165, 1.54) is 18.4 Å². The van der Waals surface area contributed by atoms with Crippen LogP contribution in [0, 0.1) is 0 Å². The summed E-state index contributed by atoms with van der Waals surface area (Å²) in [5, 5.41) is 21.3. The van der Waals surface area contributed by atoms with Crippen LogP contribution < -0.4 is 49.5 Å². The van der Waals surface area contributed by atoms with E-state index >= 15 is 0 Å². The molecule has 65 heavy (non-hydrogen) atoms. The highest BCUT2D eigenvalue weighted by atomic mass is 16.4. The van der Waals surface area contributed by atoms with E-state index in [1.807, 2.05) is 69.2 Å². The first-order chi connectivity index (χ1) is 30.7. The van der Waals surface area contributed by atoms with Crippen molar-refractivity contribution in [3.8, 4) is 0 Å². The van der Waals surface area contributed by atoms with Crippen molar-refractivity contribution in [2.45, 2.75) is 172 Å². The maximum absolute atomic E-state index is 13.4. The van der Waals surface area contributed by atoms with Gasteiger partial charge in [-0.25, -0.2) is 0 Å². The predicted molar refractivity (Wildman–Crippen MR) is 260 cm³/mol. The molecule has 4 unspecified atom stereocenters. The Morgan fingerprint density at radius 1 is 0.569 bits per heavy atom. The molecule has 0 aromatic heterocycles. The largest absolute Gasteiger partial charge is 0.481 e. The summed E-state index contributed by atoms with van der Waals surface area (Å²) in [6, 6.07) is -3.56. The molecule has 0 rings (SSSR count). The molecule has 0 aromatic carbocycles. The molecule has 0 saturated heterocycles. The Kier molecular flexibility index (Phi) is 52.1. The number of likely N-dealkylation sites (N-methyl/N-ethyl adjacent to an activating group) is 2. The zero-order valence-electron chi connectivity index (χ0n) is 42.5. The molecule has 0 aliphatic carbocycles. The minimum absolute atomic E-state index is 0.0309. The summed E-state index contributed by atoms with van der Waals surface area (Å²) in [4.78, 5) is 111. The summed E-state index contributed by atoms with van der Waals surface area (Å²) in [6.45, 7) is 24.3. The standard InChI is InChI=1S/C32H59N13O9.C3H8.4C2H6/c1-6-19(3)44(4)25(48)17-40-28(52)20(10-8-14-37-31(33)34)43-24(47)16-39-30(54)22(11-9-15-38-32(35)36)45(5)26(49)18-41-29(53)21(12-13-27(50)51)42-23(46)7-2;1-3-2;4*1-2/h19-22H,6-18H2,1-5H3,(H,39,54)(H,40,52)(H,41,53)(H,42,46)(H,43,47)(H,50,51)(H4,33,34,37)(H4,35,36,38);3H2,1-2H3;4*1-2H3. The van der Waals surface area contributed by atoms with Crippen molar-refractivity contribution in [2.24, 2.45) is 32.9 Å². The van der Waals surface area contributed by atoms with E-state index in [0.717, 1.165) is 4.90 Å². The Balaban J connectivity index is -0.000000725. The Bertz CT molecular complexity index is 1370. The number of carbonyl (C=O) groups is 8. The summed E-state index contributed by atoms with van der Waals surface area (Å²) in [6.07, 6.45) is 2.00. The topological polar surface area (TPSA) is 352 Å². The van der Waals surface area contributed by atoms with Gasteiger partial charge in [0.15, 0.2) is 11.9 Å². The fourth-order valence-corrected chi connectivity index (χ4v) is 4.64. The third-order valence-corrected chi connectivity index (χ3v) is 8.21.